The van der Waals surface area contributed by atoms with Crippen molar-refractivity contribution in [2.24, 2.45) is 0 Å². The first-order chi connectivity index (χ1) is 18.0. The summed E-state index contributed by atoms with van der Waals surface area (Å²) in [5.74, 6) is 0.503. The van der Waals surface area contributed by atoms with E-state index in [9.17, 15) is 14.4 Å². The number of imide groups is 2. The van der Waals surface area contributed by atoms with Gasteiger partial charge in [0.1, 0.15) is 22.8 Å². The summed E-state index contributed by atoms with van der Waals surface area (Å²) in [4.78, 5) is 39.0. The van der Waals surface area contributed by atoms with E-state index in [0.717, 1.165) is 33.7 Å². The first kappa shape index (κ1) is 23.9. The zero-order chi connectivity index (χ0) is 25.8. The van der Waals surface area contributed by atoms with Gasteiger partial charge in [-0.05, 0) is 42.8 Å². The van der Waals surface area contributed by atoms with Crippen molar-refractivity contribution in [1.29, 1.82) is 0 Å². The smallest absolute Gasteiger partial charge is 0.331 e. The van der Waals surface area contributed by atoms with Crippen LogP contribution in [0.5, 0.6) is 11.5 Å². The first-order valence-corrected chi connectivity index (χ1v) is 11.8. The highest BCUT2D eigenvalue weighted by Crippen LogP contribution is 2.26. The Morgan fingerprint density at radius 3 is 2.65 bits per heavy atom. The number of rotatable bonds is 9. The fraction of sp³-hybridized carbons (Fsp3) is 0.179. The Hall–Kier alpha value is -4.79. The molecule has 9 heteroatoms. The fourth-order valence-electron chi connectivity index (χ4n) is 4.24. The lowest BCUT2D eigenvalue weighted by Gasteiger charge is -2.25. The minimum Gasteiger partial charge on any atom is -0.497 e. The molecule has 0 bridgehead atoms. The van der Waals surface area contributed by atoms with E-state index in [4.69, 9.17) is 13.9 Å². The number of hydrogen-bond acceptors (Lipinski definition) is 6. The van der Waals surface area contributed by atoms with Crippen LogP contribution in [0.25, 0.3) is 17.0 Å². The Balaban J connectivity index is 1.35. The quantitative estimate of drug-likeness (QED) is 0.208. The number of furan rings is 1. The Labute approximate surface area is 212 Å². The number of hydrogen-bond donors (Lipinski definition) is 1. The summed E-state index contributed by atoms with van der Waals surface area (Å²) in [7, 11) is 1.61. The van der Waals surface area contributed by atoms with Crippen LogP contribution in [0, 0.1) is 0 Å². The highest BCUT2D eigenvalue weighted by atomic mass is 16.5. The molecule has 1 aliphatic rings. The SMILES string of the molecule is COc1cccc(OCCCn2cc(/C=C3/C(=O)NC(=O)N(Cc4ccco4)C3=O)c3ccccc32)c1. The number of nitrogens with one attached hydrogen (secondary N) is 1. The molecule has 9 nitrogen and oxygen atoms in total. The second-order valence-corrected chi connectivity index (χ2v) is 8.46. The van der Waals surface area contributed by atoms with Crippen molar-refractivity contribution in [1.82, 2.24) is 14.8 Å². The Morgan fingerprint density at radius 1 is 1.00 bits per heavy atom. The van der Waals surface area contributed by atoms with E-state index in [1.165, 1.54) is 12.3 Å². The van der Waals surface area contributed by atoms with Crippen LogP contribution in [-0.4, -0.2) is 41.0 Å². The van der Waals surface area contributed by atoms with Crippen LogP contribution in [-0.2, 0) is 22.7 Å². The molecule has 0 saturated carbocycles. The lowest BCUT2D eigenvalue weighted by molar-refractivity contribution is -0.130. The van der Waals surface area contributed by atoms with Crippen molar-refractivity contribution < 1.29 is 28.3 Å². The molecule has 0 radical (unpaired) electrons. The second-order valence-electron chi connectivity index (χ2n) is 8.46. The maximum Gasteiger partial charge on any atom is 0.331 e. The Kier molecular flexibility index (Phi) is 6.76. The second kappa shape index (κ2) is 10.4. The van der Waals surface area contributed by atoms with Crippen molar-refractivity contribution >= 4 is 34.8 Å². The van der Waals surface area contributed by atoms with E-state index in [0.29, 0.717) is 24.5 Å². The molecule has 4 amide bonds. The van der Waals surface area contributed by atoms with Crippen molar-refractivity contribution in [3.8, 4) is 11.5 Å². The Morgan fingerprint density at radius 2 is 1.84 bits per heavy atom. The average molecular weight is 500 g/mol. The zero-order valence-electron chi connectivity index (χ0n) is 20.2. The number of aromatic nitrogens is 1. The third kappa shape index (κ3) is 5.11. The van der Waals surface area contributed by atoms with Crippen LogP contribution in [0.3, 0.4) is 0 Å². The molecule has 188 valence electrons. The topological polar surface area (TPSA) is 103 Å². The van der Waals surface area contributed by atoms with Gasteiger partial charge in [-0.1, -0.05) is 24.3 Å². The maximum absolute atomic E-state index is 13.1. The van der Waals surface area contributed by atoms with Gasteiger partial charge in [0.05, 0.1) is 26.5 Å². The molecular weight excluding hydrogens is 474 g/mol. The average Bonchev–Trinajstić information content (AvgIpc) is 3.55. The van der Waals surface area contributed by atoms with Crippen LogP contribution in [0.2, 0.25) is 0 Å². The first-order valence-electron chi connectivity index (χ1n) is 11.8. The number of urea groups is 1. The largest absolute Gasteiger partial charge is 0.497 e. The molecule has 0 aliphatic carbocycles. The number of barbiturate groups is 1. The third-order valence-electron chi connectivity index (χ3n) is 6.05. The lowest BCUT2D eigenvalue weighted by atomic mass is 10.1. The van der Waals surface area contributed by atoms with Gasteiger partial charge in [-0.2, -0.15) is 0 Å². The number of ether oxygens (including phenoxy) is 2. The molecular formula is C28H25N3O6. The van der Waals surface area contributed by atoms with Crippen LogP contribution >= 0.6 is 0 Å². The van der Waals surface area contributed by atoms with Gasteiger partial charge in [-0.15, -0.1) is 0 Å². The number of benzene rings is 2. The number of methoxy groups -OCH3 is 1. The molecule has 0 unspecified atom stereocenters. The summed E-state index contributed by atoms with van der Waals surface area (Å²) in [6, 6.07) is 17.7. The number of fused-ring (bicyclic) bond motifs is 1. The van der Waals surface area contributed by atoms with Gasteiger partial charge in [0, 0.05) is 35.3 Å². The van der Waals surface area contributed by atoms with E-state index in [1.54, 1.807) is 19.2 Å². The molecule has 5 rings (SSSR count). The van der Waals surface area contributed by atoms with Crippen molar-refractivity contribution in [3.63, 3.8) is 0 Å². The van der Waals surface area contributed by atoms with E-state index in [1.807, 2.05) is 54.7 Å². The summed E-state index contributed by atoms with van der Waals surface area (Å²) in [6.45, 7) is 1.09. The molecule has 1 saturated heterocycles. The number of aryl methyl sites for hydroxylation is 1. The monoisotopic (exact) mass is 499 g/mol. The molecule has 4 aromatic rings. The van der Waals surface area contributed by atoms with Gasteiger partial charge < -0.3 is 18.5 Å². The van der Waals surface area contributed by atoms with Crippen LogP contribution in [0.1, 0.15) is 17.7 Å². The van der Waals surface area contributed by atoms with Crippen molar-refractivity contribution in [2.45, 2.75) is 19.5 Å². The summed E-state index contributed by atoms with van der Waals surface area (Å²) >= 11 is 0. The molecule has 1 fully saturated rings. The normalized spacial score (nSPS) is 14.9. The highest BCUT2D eigenvalue weighted by Gasteiger charge is 2.36. The number of carbonyl (C=O) groups is 3. The number of para-hydroxylation sites is 1. The predicted molar refractivity (Wildman–Crippen MR) is 136 cm³/mol. The molecule has 2 aromatic heterocycles. The molecule has 0 atom stereocenters. The summed E-state index contributed by atoms with van der Waals surface area (Å²) in [5.41, 5.74) is 1.55. The van der Waals surface area contributed by atoms with Gasteiger partial charge in [0.2, 0.25) is 0 Å². The molecule has 37 heavy (non-hydrogen) atoms. The van der Waals surface area contributed by atoms with E-state index < -0.39 is 17.8 Å². The van der Waals surface area contributed by atoms with E-state index in [2.05, 4.69) is 9.88 Å². The van der Waals surface area contributed by atoms with Crippen molar-refractivity contribution in [2.75, 3.05) is 13.7 Å². The third-order valence-corrected chi connectivity index (χ3v) is 6.05. The highest BCUT2D eigenvalue weighted by molar-refractivity contribution is 6.31. The minimum atomic E-state index is -0.776. The van der Waals surface area contributed by atoms with Crippen LogP contribution in [0.15, 0.2) is 83.1 Å². The number of carbonyl (C=O) groups excluding carboxylic acids is 3. The van der Waals surface area contributed by atoms with Crippen LogP contribution < -0.4 is 14.8 Å². The molecule has 2 aromatic carbocycles. The molecule has 1 N–H and O–H groups in total. The van der Waals surface area contributed by atoms with Gasteiger partial charge in [0.15, 0.2) is 0 Å². The van der Waals surface area contributed by atoms with E-state index >= 15 is 0 Å². The van der Waals surface area contributed by atoms with Gasteiger partial charge in [-0.3, -0.25) is 19.8 Å². The van der Waals surface area contributed by atoms with Gasteiger partial charge in [-0.25, -0.2) is 4.79 Å². The Bertz CT molecular complexity index is 1480. The minimum absolute atomic E-state index is 0.0721. The number of nitrogens with zero attached hydrogens (tertiary/aromatic N) is 2. The van der Waals surface area contributed by atoms with Crippen LogP contribution in [0.4, 0.5) is 4.79 Å². The standard InChI is InChI=1S/C28H25N3O6/c1-35-20-7-4-8-21(16-20)36-14-6-12-30-17-19(23-10-2-3-11-25(23)30)15-24-26(32)29-28(34)31(27(24)33)18-22-9-5-13-37-22/h2-5,7-11,13,15-17H,6,12,14,18H2,1H3,(H,29,32,34)/b24-15-. The molecule has 3 heterocycles. The van der Waals surface area contributed by atoms with Gasteiger partial charge in [0.25, 0.3) is 11.8 Å². The summed E-state index contributed by atoms with van der Waals surface area (Å²) in [6.07, 6.45) is 5.62. The zero-order valence-corrected chi connectivity index (χ0v) is 20.2. The molecule has 1 aliphatic heterocycles. The van der Waals surface area contributed by atoms with E-state index in [-0.39, 0.29) is 12.1 Å². The number of amides is 4. The summed E-state index contributed by atoms with van der Waals surface area (Å²) < 4.78 is 18.4. The maximum atomic E-state index is 13.1. The summed E-state index contributed by atoms with van der Waals surface area (Å²) in [5, 5.41) is 3.14. The van der Waals surface area contributed by atoms with Gasteiger partial charge >= 0.3 is 6.03 Å². The fourth-order valence-corrected chi connectivity index (χ4v) is 4.24. The predicted octanol–water partition coefficient (Wildman–Crippen LogP) is 4.37. The van der Waals surface area contributed by atoms with Crippen molar-refractivity contribution in [3.05, 3.63) is 90.0 Å². The molecule has 0 spiro atoms. The lowest BCUT2D eigenvalue weighted by Crippen LogP contribution is -2.53.